The predicted molar refractivity (Wildman–Crippen MR) is 55.2 cm³/mol. The van der Waals surface area contributed by atoms with Crippen molar-refractivity contribution in [3.8, 4) is 6.07 Å². The average molecular weight is 265 g/mol. The second kappa shape index (κ2) is 5.10. The topological polar surface area (TPSA) is 52.9 Å². The molecule has 1 aromatic rings. The number of carbonyl (C=O) groups excluding carboxylic acids is 1. The summed E-state index contributed by atoms with van der Waals surface area (Å²) in [6, 6.07) is 2.36. The highest BCUT2D eigenvalue weighted by molar-refractivity contribution is 6.37. The Morgan fingerprint density at radius 3 is 2.62 bits per heavy atom. The number of nitrogens with zero attached hydrogens (tertiary/aromatic N) is 1. The molecule has 84 valence electrons. The lowest BCUT2D eigenvalue weighted by molar-refractivity contribution is -0.115. The molecule has 0 spiro atoms. The van der Waals surface area contributed by atoms with Crippen LogP contribution in [0.15, 0.2) is 6.07 Å². The van der Waals surface area contributed by atoms with Crippen LogP contribution >= 0.6 is 23.2 Å². The molecule has 0 atom stereocenters. The van der Waals surface area contributed by atoms with E-state index >= 15 is 0 Å². The molecule has 3 nitrogen and oxygen atoms in total. The number of halogens is 4. The lowest BCUT2D eigenvalue weighted by Crippen LogP contribution is -2.11. The summed E-state index contributed by atoms with van der Waals surface area (Å²) in [4.78, 5) is 11.0. The minimum Gasteiger partial charge on any atom is -0.324 e. The first-order valence-corrected chi connectivity index (χ1v) is 4.72. The molecule has 0 saturated carbocycles. The average Bonchev–Trinajstić information content (AvgIpc) is 2.23. The molecule has 0 fully saturated rings. The van der Waals surface area contributed by atoms with E-state index < -0.39 is 34.0 Å². The number of carbonyl (C=O) groups is 1. The van der Waals surface area contributed by atoms with Crippen LogP contribution in [0.2, 0.25) is 10.0 Å². The Bertz CT molecular complexity index is 485. The number of hydrogen-bond donors (Lipinski definition) is 1. The van der Waals surface area contributed by atoms with Crippen molar-refractivity contribution in [3.63, 3.8) is 0 Å². The number of hydrogen-bond acceptors (Lipinski definition) is 2. The quantitative estimate of drug-likeness (QED) is 0.659. The second-order valence-electron chi connectivity index (χ2n) is 2.73. The molecule has 0 bridgehead atoms. The highest BCUT2D eigenvalue weighted by Crippen LogP contribution is 2.32. The van der Waals surface area contributed by atoms with E-state index in [9.17, 15) is 13.6 Å². The summed E-state index contributed by atoms with van der Waals surface area (Å²) in [5.41, 5.74) is -0.263. The standard InChI is InChI=1S/C9H4Cl2F2N2O/c10-7-4(12)3-5(8(11)9(7)13)15-6(16)1-2-14/h3H,1H2,(H,15,16). The molecule has 0 aliphatic rings. The fourth-order valence-electron chi connectivity index (χ4n) is 0.930. The minimum atomic E-state index is -1.16. The van der Waals surface area contributed by atoms with Crippen LogP contribution in [-0.4, -0.2) is 5.91 Å². The number of rotatable bonds is 2. The molecular weight excluding hydrogens is 261 g/mol. The Labute approximate surface area is 99.6 Å². The Kier molecular flexibility index (Phi) is 4.05. The van der Waals surface area contributed by atoms with Crippen LogP contribution < -0.4 is 5.32 Å². The molecule has 0 heterocycles. The van der Waals surface area contributed by atoms with Crippen LogP contribution in [0.1, 0.15) is 6.42 Å². The predicted octanol–water partition coefficient (Wildman–Crippen LogP) is 3.12. The number of anilines is 1. The fourth-order valence-corrected chi connectivity index (χ4v) is 1.32. The van der Waals surface area contributed by atoms with Gasteiger partial charge >= 0.3 is 0 Å². The summed E-state index contributed by atoms with van der Waals surface area (Å²) >= 11 is 10.7. The third kappa shape index (κ3) is 2.60. The fraction of sp³-hybridized carbons (Fsp3) is 0.111. The highest BCUT2D eigenvalue weighted by atomic mass is 35.5. The molecule has 1 rings (SSSR count). The first kappa shape index (κ1) is 12.7. The Balaban J connectivity index is 3.07. The molecule has 0 aromatic heterocycles. The molecule has 7 heteroatoms. The number of nitriles is 1. The molecule has 1 aromatic carbocycles. The third-order valence-electron chi connectivity index (χ3n) is 1.62. The molecule has 0 unspecified atom stereocenters. The molecule has 0 saturated heterocycles. The zero-order chi connectivity index (χ0) is 12.3. The van der Waals surface area contributed by atoms with E-state index in [4.69, 9.17) is 28.5 Å². The monoisotopic (exact) mass is 264 g/mol. The Hall–Kier alpha value is -1.38. The van der Waals surface area contributed by atoms with Crippen LogP contribution in [0, 0.1) is 23.0 Å². The maximum atomic E-state index is 13.2. The summed E-state index contributed by atoms with van der Waals surface area (Å²) < 4.78 is 26.2. The van der Waals surface area contributed by atoms with Crippen molar-refractivity contribution in [1.29, 1.82) is 5.26 Å². The summed E-state index contributed by atoms with van der Waals surface area (Å²) in [6.45, 7) is 0. The van der Waals surface area contributed by atoms with Crippen molar-refractivity contribution < 1.29 is 13.6 Å². The molecule has 0 aliphatic heterocycles. The molecule has 1 N–H and O–H groups in total. The summed E-state index contributed by atoms with van der Waals surface area (Å²) in [6.07, 6.45) is -0.442. The van der Waals surface area contributed by atoms with Crippen LogP contribution in [0.4, 0.5) is 14.5 Å². The molecule has 16 heavy (non-hydrogen) atoms. The van der Waals surface area contributed by atoms with E-state index in [-0.39, 0.29) is 5.69 Å². The lowest BCUT2D eigenvalue weighted by Gasteiger charge is -2.07. The maximum Gasteiger partial charge on any atom is 0.238 e. The van der Waals surface area contributed by atoms with E-state index in [1.165, 1.54) is 0 Å². The lowest BCUT2D eigenvalue weighted by atomic mass is 10.3. The van der Waals surface area contributed by atoms with Crippen LogP contribution in [0.3, 0.4) is 0 Å². The van der Waals surface area contributed by atoms with Crippen molar-refractivity contribution in [2.75, 3.05) is 5.32 Å². The van der Waals surface area contributed by atoms with Crippen molar-refractivity contribution in [2.45, 2.75) is 6.42 Å². The van der Waals surface area contributed by atoms with E-state index in [0.717, 1.165) is 6.07 Å². The zero-order valence-corrected chi connectivity index (χ0v) is 9.16. The summed E-state index contributed by atoms with van der Waals surface area (Å²) in [5.74, 6) is -2.92. The van der Waals surface area contributed by atoms with Gasteiger partial charge in [-0.25, -0.2) is 8.78 Å². The van der Waals surface area contributed by atoms with Gasteiger partial charge in [0, 0.05) is 6.07 Å². The first-order valence-electron chi connectivity index (χ1n) is 3.97. The van der Waals surface area contributed by atoms with Crippen molar-refractivity contribution >= 4 is 34.8 Å². The van der Waals surface area contributed by atoms with Crippen molar-refractivity contribution in [2.24, 2.45) is 0 Å². The molecule has 0 aliphatic carbocycles. The number of nitrogens with one attached hydrogen (secondary N) is 1. The van der Waals surface area contributed by atoms with Gasteiger partial charge in [0.25, 0.3) is 0 Å². The largest absolute Gasteiger partial charge is 0.324 e. The summed E-state index contributed by atoms with van der Waals surface area (Å²) in [7, 11) is 0. The molecular formula is C9H4Cl2F2N2O. The van der Waals surface area contributed by atoms with Gasteiger partial charge in [-0.3, -0.25) is 4.79 Å². The maximum absolute atomic E-state index is 13.2. The van der Waals surface area contributed by atoms with Gasteiger partial charge in [0.2, 0.25) is 5.91 Å². The smallest absolute Gasteiger partial charge is 0.238 e. The van der Waals surface area contributed by atoms with E-state index in [2.05, 4.69) is 5.32 Å². The van der Waals surface area contributed by atoms with Gasteiger partial charge in [-0.15, -0.1) is 0 Å². The van der Waals surface area contributed by atoms with Gasteiger partial charge in [0.1, 0.15) is 22.3 Å². The van der Waals surface area contributed by atoms with E-state index in [1.807, 2.05) is 0 Å². The van der Waals surface area contributed by atoms with Gasteiger partial charge in [0.15, 0.2) is 5.82 Å². The summed E-state index contributed by atoms with van der Waals surface area (Å²) in [5, 5.41) is 9.06. The van der Waals surface area contributed by atoms with Gasteiger partial charge in [-0.1, -0.05) is 23.2 Å². The van der Waals surface area contributed by atoms with Gasteiger partial charge < -0.3 is 5.32 Å². The van der Waals surface area contributed by atoms with Crippen LogP contribution in [0.5, 0.6) is 0 Å². The van der Waals surface area contributed by atoms with E-state index in [0.29, 0.717) is 0 Å². The number of benzene rings is 1. The van der Waals surface area contributed by atoms with Crippen LogP contribution in [0.25, 0.3) is 0 Å². The Morgan fingerprint density at radius 2 is 2.06 bits per heavy atom. The molecule has 1 amide bonds. The zero-order valence-electron chi connectivity index (χ0n) is 7.65. The Morgan fingerprint density at radius 1 is 1.44 bits per heavy atom. The minimum absolute atomic E-state index is 0.263. The van der Waals surface area contributed by atoms with Gasteiger partial charge in [-0.2, -0.15) is 5.26 Å². The normalized spacial score (nSPS) is 9.69. The van der Waals surface area contributed by atoms with Gasteiger partial charge in [-0.05, 0) is 0 Å². The van der Waals surface area contributed by atoms with Gasteiger partial charge in [0.05, 0.1) is 11.8 Å². The van der Waals surface area contributed by atoms with Crippen LogP contribution in [-0.2, 0) is 4.79 Å². The third-order valence-corrected chi connectivity index (χ3v) is 2.33. The SMILES string of the molecule is N#CCC(=O)Nc1cc(F)c(Cl)c(F)c1Cl. The highest BCUT2D eigenvalue weighted by Gasteiger charge is 2.17. The molecule has 0 radical (unpaired) electrons. The van der Waals surface area contributed by atoms with E-state index in [1.54, 1.807) is 6.07 Å². The van der Waals surface area contributed by atoms with Crippen molar-refractivity contribution in [1.82, 2.24) is 0 Å². The number of amides is 1. The second-order valence-corrected chi connectivity index (χ2v) is 3.49. The first-order chi connectivity index (χ1) is 7.47. The van der Waals surface area contributed by atoms with Crippen molar-refractivity contribution in [3.05, 3.63) is 27.7 Å².